The molecule has 0 aliphatic rings. The standard InChI is InChI=1S/C7H12O4S/c1-2-7(8)5-3-4-6-11-12(9)10/h2H,1,3-6H2,(H,9,10). The van der Waals surface area contributed by atoms with Crippen LogP contribution in [0.25, 0.3) is 0 Å². The highest BCUT2D eigenvalue weighted by atomic mass is 32.2. The minimum absolute atomic E-state index is 0.0138. The zero-order valence-electron chi connectivity index (χ0n) is 6.69. The summed E-state index contributed by atoms with van der Waals surface area (Å²) in [6, 6.07) is 0. The second-order valence-electron chi connectivity index (χ2n) is 2.17. The quantitative estimate of drug-likeness (QED) is 0.372. The van der Waals surface area contributed by atoms with Gasteiger partial charge in [-0.1, -0.05) is 6.58 Å². The van der Waals surface area contributed by atoms with E-state index in [-0.39, 0.29) is 12.4 Å². The summed E-state index contributed by atoms with van der Waals surface area (Å²) in [7, 11) is 0. The molecular formula is C7H12O4S. The third kappa shape index (κ3) is 7.59. The van der Waals surface area contributed by atoms with Gasteiger partial charge in [0.05, 0.1) is 6.61 Å². The molecule has 0 heterocycles. The molecule has 1 unspecified atom stereocenters. The molecule has 4 nitrogen and oxygen atoms in total. The number of rotatable bonds is 7. The van der Waals surface area contributed by atoms with Crippen LogP contribution in [-0.4, -0.2) is 21.2 Å². The van der Waals surface area contributed by atoms with Gasteiger partial charge in [-0.15, -0.1) is 0 Å². The zero-order chi connectivity index (χ0) is 9.40. The Morgan fingerprint density at radius 3 is 2.75 bits per heavy atom. The summed E-state index contributed by atoms with van der Waals surface area (Å²) >= 11 is -2.19. The van der Waals surface area contributed by atoms with E-state index in [4.69, 9.17) is 4.55 Å². The minimum Gasteiger partial charge on any atom is -0.295 e. The van der Waals surface area contributed by atoms with Crippen molar-refractivity contribution >= 4 is 17.1 Å². The summed E-state index contributed by atoms with van der Waals surface area (Å²) in [5.74, 6) is -0.0138. The van der Waals surface area contributed by atoms with Crippen LogP contribution in [0.4, 0.5) is 0 Å². The molecule has 1 N–H and O–H groups in total. The maximum absolute atomic E-state index is 10.6. The van der Waals surface area contributed by atoms with E-state index in [1.165, 1.54) is 6.08 Å². The predicted octanol–water partition coefficient (Wildman–Crippen LogP) is 1.07. The lowest BCUT2D eigenvalue weighted by atomic mass is 10.2. The Kier molecular flexibility index (Phi) is 6.84. The Bertz CT molecular complexity index is 178. The molecule has 12 heavy (non-hydrogen) atoms. The summed E-state index contributed by atoms with van der Waals surface area (Å²) in [6.07, 6.45) is 2.95. The van der Waals surface area contributed by atoms with Crippen LogP contribution in [0.3, 0.4) is 0 Å². The third-order valence-corrected chi connectivity index (χ3v) is 1.60. The fraction of sp³-hybridized carbons (Fsp3) is 0.571. The van der Waals surface area contributed by atoms with Gasteiger partial charge >= 0.3 is 11.4 Å². The fourth-order valence-electron chi connectivity index (χ4n) is 0.634. The molecule has 0 aliphatic carbocycles. The second kappa shape index (κ2) is 7.15. The molecule has 0 aliphatic heterocycles. The Morgan fingerprint density at radius 2 is 2.25 bits per heavy atom. The van der Waals surface area contributed by atoms with Crippen molar-refractivity contribution in [3.05, 3.63) is 12.7 Å². The molecule has 0 aromatic heterocycles. The average Bonchev–Trinajstić information content (AvgIpc) is 2.03. The molecule has 0 rings (SSSR count). The van der Waals surface area contributed by atoms with Crippen molar-refractivity contribution in [1.82, 2.24) is 0 Å². The molecule has 0 saturated heterocycles. The normalized spacial score (nSPS) is 12.4. The monoisotopic (exact) mass is 192 g/mol. The maximum Gasteiger partial charge on any atom is 0.301 e. The van der Waals surface area contributed by atoms with Crippen molar-refractivity contribution in [3.63, 3.8) is 0 Å². The molecule has 0 fully saturated rings. The van der Waals surface area contributed by atoms with E-state index in [9.17, 15) is 9.00 Å². The molecule has 5 heteroatoms. The van der Waals surface area contributed by atoms with Crippen LogP contribution >= 0.6 is 0 Å². The van der Waals surface area contributed by atoms with E-state index in [1.54, 1.807) is 0 Å². The van der Waals surface area contributed by atoms with E-state index in [0.29, 0.717) is 19.3 Å². The lowest BCUT2D eigenvalue weighted by Gasteiger charge is -1.96. The van der Waals surface area contributed by atoms with Crippen molar-refractivity contribution in [1.29, 1.82) is 0 Å². The number of hydrogen-bond donors (Lipinski definition) is 1. The number of carbonyl (C=O) groups excluding carboxylic acids is 1. The lowest BCUT2D eigenvalue weighted by Crippen LogP contribution is -1.99. The Hall–Kier alpha value is -0.520. The lowest BCUT2D eigenvalue weighted by molar-refractivity contribution is -0.114. The van der Waals surface area contributed by atoms with Gasteiger partial charge in [0, 0.05) is 6.42 Å². The SMILES string of the molecule is C=CC(=O)CCCCOS(=O)O. The van der Waals surface area contributed by atoms with Crippen LogP contribution in [0.15, 0.2) is 12.7 Å². The topological polar surface area (TPSA) is 63.6 Å². The van der Waals surface area contributed by atoms with Crippen molar-refractivity contribution < 1.29 is 17.7 Å². The number of ketones is 1. The van der Waals surface area contributed by atoms with Crippen LogP contribution in [0, 0.1) is 0 Å². The number of allylic oxidation sites excluding steroid dienone is 1. The van der Waals surface area contributed by atoms with Crippen LogP contribution in [-0.2, 0) is 20.3 Å². The number of carbonyl (C=O) groups is 1. The number of hydrogen-bond acceptors (Lipinski definition) is 3. The summed E-state index contributed by atoms with van der Waals surface area (Å²) in [6.45, 7) is 3.52. The van der Waals surface area contributed by atoms with E-state index in [1.807, 2.05) is 0 Å². The van der Waals surface area contributed by atoms with Crippen LogP contribution in [0.1, 0.15) is 19.3 Å². The minimum atomic E-state index is -2.19. The maximum atomic E-state index is 10.6. The highest BCUT2D eigenvalue weighted by Gasteiger charge is 1.97. The largest absolute Gasteiger partial charge is 0.301 e. The van der Waals surface area contributed by atoms with Crippen LogP contribution in [0.2, 0.25) is 0 Å². The first kappa shape index (κ1) is 11.5. The van der Waals surface area contributed by atoms with Crippen LogP contribution < -0.4 is 0 Å². The van der Waals surface area contributed by atoms with Crippen LogP contribution in [0.5, 0.6) is 0 Å². The van der Waals surface area contributed by atoms with E-state index >= 15 is 0 Å². The smallest absolute Gasteiger partial charge is 0.295 e. The van der Waals surface area contributed by atoms with E-state index in [2.05, 4.69) is 10.8 Å². The molecule has 0 amide bonds. The average molecular weight is 192 g/mol. The zero-order valence-corrected chi connectivity index (χ0v) is 7.51. The Morgan fingerprint density at radius 1 is 1.58 bits per heavy atom. The van der Waals surface area contributed by atoms with Gasteiger partial charge in [-0.25, -0.2) is 0 Å². The Balaban J connectivity index is 3.16. The first-order valence-corrected chi connectivity index (χ1v) is 4.59. The molecule has 0 radical (unpaired) electrons. The molecule has 0 spiro atoms. The first-order valence-electron chi connectivity index (χ1n) is 3.56. The molecule has 70 valence electrons. The van der Waals surface area contributed by atoms with Gasteiger partial charge in [0.1, 0.15) is 0 Å². The third-order valence-electron chi connectivity index (χ3n) is 1.23. The van der Waals surface area contributed by atoms with Gasteiger partial charge in [-0.05, 0) is 18.9 Å². The van der Waals surface area contributed by atoms with Gasteiger partial charge in [0.25, 0.3) is 0 Å². The molecular weight excluding hydrogens is 180 g/mol. The van der Waals surface area contributed by atoms with Gasteiger partial charge in [0.2, 0.25) is 0 Å². The molecule has 0 aromatic carbocycles. The fourth-order valence-corrected chi connectivity index (χ4v) is 0.894. The summed E-state index contributed by atoms with van der Waals surface area (Å²) < 4.78 is 22.5. The highest BCUT2D eigenvalue weighted by molar-refractivity contribution is 7.74. The second-order valence-corrected chi connectivity index (χ2v) is 2.84. The van der Waals surface area contributed by atoms with Gasteiger partial charge in [-0.2, -0.15) is 4.21 Å². The van der Waals surface area contributed by atoms with Crippen molar-refractivity contribution in [2.24, 2.45) is 0 Å². The van der Waals surface area contributed by atoms with Gasteiger partial charge in [0.15, 0.2) is 5.78 Å². The summed E-state index contributed by atoms with van der Waals surface area (Å²) in [5, 5.41) is 0. The Labute approximate surface area is 74.1 Å². The van der Waals surface area contributed by atoms with Crippen molar-refractivity contribution in [2.75, 3.05) is 6.61 Å². The predicted molar refractivity (Wildman–Crippen MR) is 45.8 cm³/mol. The van der Waals surface area contributed by atoms with Crippen molar-refractivity contribution in [2.45, 2.75) is 19.3 Å². The van der Waals surface area contributed by atoms with E-state index < -0.39 is 11.4 Å². The number of unbranched alkanes of at least 4 members (excludes halogenated alkanes) is 1. The molecule has 0 saturated carbocycles. The first-order chi connectivity index (χ1) is 5.66. The van der Waals surface area contributed by atoms with Gasteiger partial charge in [-0.3, -0.25) is 13.5 Å². The molecule has 0 bridgehead atoms. The summed E-state index contributed by atoms with van der Waals surface area (Å²) in [4.78, 5) is 10.6. The highest BCUT2D eigenvalue weighted by Crippen LogP contribution is 1.97. The van der Waals surface area contributed by atoms with Gasteiger partial charge < -0.3 is 0 Å². The molecule has 1 atom stereocenters. The van der Waals surface area contributed by atoms with Crippen molar-refractivity contribution in [3.8, 4) is 0 Å². The molecule has 0 aromatic rings. The van der Waals surface area contributed by atoms with E-state index in [0.717, 1.165) is 0 Å². The summed E-state index contributed by atoms with van der Waals surface area (Å²) in [5.41, 5.74) is 0.